The molecule has 2 aromatic rings. The third-order valence-electron chi connectivity index (χ3n) is 2.68. The van der Waals surface area contributed by atoms with Crippen molar-refractivity contribution in [1.29, 1.82) is 0 Å². The topological polar surface area (TPSA) is 72.0 Å². The van der Waals surface area contributed by atoms with Gasteiger partial charge in [-0.25, -0.2) is 0 Å². The van der Waals surface area contributed by atoms with Crippen LogP contribution >= 0.6 is 0 Å². The minimum atomic E-state index is -1.17. The summed E-state index contributed by atoms with van der Waals surface area (Å²) in [5, 5.41) is 9.19. The van der Waals surface area contributed by atoms with E-state index in [1.54, 1.807) is 6.20 Å². The molecule has 1 atom stereocenters. The monoisotopic (exact) mass is 264 g/mol. The minimum absolute atomic E-state index is 0.0527. The lowest BCUT2D eigenvalue weighted by atomic mass is 10.1. The van der Waals surface area contributed by atoms with Gasteiger partial charge in [0.1, 0.15) is 5.75 Å². The fourth-order valence-corrected chi connectivity index (χ4v) is 2.69. The van der Waals surface area contributed by atoms with Crippen LogP contribution in [0.1, 0.15) is 12.0 Å². The zero-order valence-electron chi connectivity index (χ0n) is 10.2. The van der Waals surface area contributed by atoms with Gasteiger partial charge in [-0.3, -0.25) is 0 Å². The van der Waals surface area contributed by atoms with E-state index in [2.05, 4.69) is 9.97 Å². The smallest absolute Gasteiger partial charge is 0.321 e. The number of benzene rings is 1. The van der Waals surface area contributed by atoms with Crippen LogP contribution in [0.3, 0.4) is 0 Å². The van der Waals surface area contributed by atoms with Crippen molar-refractivity contribution in [2.24, 2.45) is 0 Å². The number of aromatic amines is 1. The van der Waals surface area contributed by atoms with E-state index in [4.69, 9.17) is 5.11 Å². The summed E-state index contributed by atoms with van der Waals surface area (Å²) in [5.41, 5.74) is 2.98. The van der Waals surface area contributed by atoms with E-state index in [0.717, 1.165) is 16.8 Å². The lowest BCUT2D eigenvalue weighted by Gasteiger charge is -2.05. The highest BCUT2D eigenvalue weighted by Crippen LogP contribution is 2.22. The largest absolute Gasteiger partial charge is 0.609 e. The molecular weight excluding hydrogens is 248 g/mol. The van der Waals surface area contributed by atoms with Gasteiger partial charge in [0, 0.05) is 36.0 Å². The number of hydrogen-bond donors (Lipinski definition) is 2. The van der Waals surface area contributed by atoms with E-state index in [0.29, 0.717) is 17.3 Å². The molecule has 0 saturated heterocycles. The fraction of sp³-hybridized carbons (Fsp3) is 0.308. The third kappa shape index (κ3) is 2.93. The lowest BCUT2D eigenvalue weighted by molar-refractivity contribution is 0.295. The molecule has 5 heteroatoms. The molecule has 0 aliphatic rings. The predicted octanol–water partition coefficient (Wildman–Crippen LogP) is 1.88. The number of hydrogen-bond acceptors (Lipinski definition) is 3. The Morgan fingerprint density at radius 1 is 1.39 bits per heavy atom. The van der Waals surface area contributed by atoms with Crippen LogP contribution in [0.25, 0.3) is 11.3 Å². The summed E-state index contributed by atoms with van der Waals surface area (Å²) in [6.07, 6.45) is 2.29. The molecule has 0 aliphatic carbocycles. The van der Waals surface area contributed by atoms with Gasteiger partial charge in [-0.1, -0.05) is 24.3 Å². The standard InChI is InChI=1S/C13H16N2O2S/c1-10-5-2-3-6-11(10)12-9-14-13(15-12)18(17)8-4-7-16/h2-3,5-6,9,16H,4,7-8H2,1H3,(H,14,15). The number of nitrogens with zero attached hydrogens (tertiary/aromatic N) is 1. The van der Waals surface area contributed by atoms with Crippen LogP contribution in [0.2, 0.25) is 0 Å². The first-order valence-electron chi connectivity index (χ1n) is 5.83. The number of aromatic nitrogens is 2. The first-order valence-corrected chi connectivity index (χ1v) is 7.15. The molecule has 1 aromatic heterocycles. The molecule has 0 fully saturated rings. The number of imidazole rings is 1. The van der Waals surface area contributed by atoms with Gasteiger partial charge in [-0.2, -0.15) is 4.98 Å². The van der Waals surface area contributed by atoms with Gasteiger partial charge in [0.05, 0.1) is 5.69 Å². The van der Waals surface area contributed by atoms with E-state index in [9.17, 15) is 4.55 Å². The normalized spacial score (nSPS) is 12.6. The number of nitrogens with one attached hydrogen (secondary N) is 1. The molecule has 1 aromatic carbocycles. The van der Waals surface area contributed by atoms with Crippen molar-refractivity contribution < 1.29 is 9.66 Å². The van der Waals surface area contributed by atoms with Crippen LogP contribution in [0, 0.1) is 6.92 Å². The molecule has 1 unspecified atom stereocenters. The highest BCUT2D eigenvalue weighted by Gasteiger charge is 2.16. The van der Waals surface area contributed by atoms with E-state index in [1.807, 2.05) is 31.2 Å². The molecule has 2 rings (SSSR count). The molecule has 4 nitrogen and oxygen atoms in total. The Hall–Kier alpha value is -1.30. The maximum absolute atomic E-state index is 11.8. The summed E-state index contributed by atoms with van der Waals surface area (Å²) in [6, 6.07) is 7.95. The number of aryl methyl sites for hydroxylation is 1. The number of aliphatic hydroxyl groups is 1. The van der Waals surface area contributed by atoms with Gasteiger partial charge < -0.3 is 14.6 Å². The van der Waals surface area contributed by atoms with Crippen LogP contribution in [-0.4, -0.2) is 32.0 Å². The minimum Gasteiger partial charge on any atom is -0.609 e. The Labute approximate surface area is 109 Å². The molecule has 2 N–H and O–H groups in total. The fourth-order valence-electron chi connectivity index (χ4n) is 1.71. The van der Waals surface area contributed by atoms with Crippen molar-refractivity contribution in [2.45, 2.75) is 18.5 Å². The Balaban J connectivity index is 2.18. The molecule has 0 amide bonds. The zero-order chi connectivity index (χ0) is 13.0. The summed E-state index contributed by atoms with van der Waals surface area (Å²) in [7, 11) is 0. The molecule has 18 heavy (non-hydrogen) atoms. The van der Waals surface area contributed by atoms with Crippen LogP contribution in [-0.2, 0) is 11.2 Å². The summed E-state index contributed by atoms with van der Waals surface area (Å²) < 4.78 is 11.8. The van der Waals surface area contributed by atoms with Crippen molar-refractivity contribution in [1.82, 2.24) is 9.97 Å². The van der Waals surface area contributed by atoms with Crippen molar-refractivity contribution >= 4 is 11.2 Å². The van der Waals surface area contributed by atoms with Crippen LogP contribution in [0.4, 0.5) is 0 Å². The van der Waals surface area contributed by atoms with Gasteiger partial charge in [-0.05, 0) is 12.5 Å². The lowest BCUT2D eigenvalue weighted by Crippen LogP contribution is -2.09. The summed E-state index contributed by atoms with van der Waals surface area (Å²) in [4.78, 5) is 7.30. The molecule has 96 valence electrons. The van der Waals surface area contributed by atoms with Gasteiger partial charge in [0.25, 0.3) is 0 Å². The maximum Gasteiger partial charge on any atom is 0.321 e. The highest BCUT2D eigenvalue weighted by atomic mass is 32.2. The quantitative estimate of drug-likeness (QED) is 0.810. The van der Waals surface area contributed by atoms with Crippen molar-refractivity contribution in [3.05, 3.63) is 36.0 Å². The van der Waals surface area contributed by atoms with E-state index in [1.165, 1.54) is 0 Å². The van der Waals surface area contributed by atoms with Gasteiger partial charge >= 0.3 is 5.16 Å². The highest BCUT2D eigenvalue weighted by molar-refractivity contribution is 7.91. The summed E-state index contributed by atoms with van der Waals surface area (Å²) in [6.45, 7) is 2.07. The van der Waals surface area contributed by atoms with Gasteiger partial charge in [-0.15, -0.1) is 0 Å². The second-order valence-corrected chi connectivity index (χ2v) is 5.52. The average molecular weight is 264 g/mol. The molecule has 0 saturated carbocycles. The SMILES string of the molecule is Cc1ccccc1-c1c[nH]c([S+]([O-])CCCO)n1. The molecule has 0 spiro atoms. The van der Waals surface area contributed by atoms with Crippen LogP contribution in [0.5, 0.6) is 0 Å². The molecule has 1 heterocycles. The summed E-state index contributed by atoms with van der Waals surface area (Å²) in [5.74, 6) is 0.428. The van der Waals surface area contributed by atoms with Crippen LogP contribution in [0.15, 0.2) is 35.6 Å². The van der Waals surface area contributed by atoms with Gasteiger partial charge in [0.15, 0.2) is 0 Å². The van der Waals surface area contributed by atoms with E-state index >= 15 is 0 Å². The maximum atomic E-state index is 11.8. The predicted molar refractivity (Wildman–Crippen MR) is 71.7 cm³/mol. The Morgan fingerprint density at radius 2 is 2.17 bits per heavy atom. The molecule has 0 aliphatic heterocycles. The van der Waals surface area contributed by atoms with Gasteiger partial charge in [0.2, 0.25) is 0 Å². The van der Waals surface area contributed by atoms with Crippen LogP contribution < -0.4 is 0 Å². The Kier molecular flexibility index (Phi) is 4.41. The third-order valence-corrected chi connectivity index (χ3v) is 3.98. The summed E-state index contributed by atoms with van der Waals surface area (Å²) >= 11 is -1.17. The number of H-pyrrole nitrogens is 1. The Bertz CT molecular complexity index is 513. The zero-order valence-corrected chi connectivity index (χ0v) is 11.0. The average Bonchev–Trinajstić information content (AvgIpc) is 2.86. The second-order valence-electron chi connectivity index (χ2n) is 4.03. The van der Waals surface area contributed by atoms with Crippen molar-refractivity contribution in [2.75, 3.05) is 12.4 Å². The first kappa shape index (κ1) is 13.1. The number of rotatable bonds is 5. The number of aliphatic hydroxyl groups excluding tert-OH is 1. The van der Waals surface area contributed by atoms with E-state index < -0.39 is 11.2 Å². The second kappa shape index (κ2) is 6.04. The van der Waals surface area contributed by atoms with E-state index in [-0.39, 0.29) is 6.61 Å². The Morgan fingerprint density at radius 3 is 2.89 bits per heavy atom. The van der Waals surface area contributed by atoms with Crippen molar-refractivity contribution in [3.8, 4) is 11.3 Å². The first-order chi connectivity index (χ1) is 8.72. The molecule has 0 radical (unpaired) electrons. The van der Waals surface area contributed by atoms with Crippen molar-refractivity contribution in [3.63, 3.8) is 0 Å². The molecular formula is C13H16N2O2S. The molecule has 0 bridgehead atoms.